The smallest absolute Gasteiger partial charge is 0.305 e. The molecule has 2 amide bonds. The number of carbonyl (C=O) groups is 3. The topological polar surface area (TPSA) is 122 Å². The summed E-state index contributed by atoms with van der Waals surface area (Å²) < 4.78 is 0. The summed E-state index contributed by atoms with van der Waals surface area (Å²) in [7, 11) is 0. The van der Waals surface area contributed by atoms with E-state index in [2.05, 4.69) is 10.6 Å². The maximum Gasteiger partial charge on any atom is 0.305 e. The average molecular weight is 382 g/mol. The molecule has 2 aliphatic rings. The van der Waals surface area contributed by atoms with E-state index in [1.54, 1.807) is 6.92 Å². The summed E-state index contributed by atoms with van der Waals surface area (Å²) in [5.41, 5.74) is 5.59. The summed E-state index contributed by atoms with van der Waals surface area (Å²) in [5, 5.41) is 14.3. The van der Waals surface area contributed by atoms with Gasteiger partial charge in [0, 0.05) is 5.92 Å². The highest BCUT2D eigenvalue weighted by Gasteiger charge is 2.37. The molecular formula is C20H35N3O4. The van der Waals surface area contributed by atoms with Crippen molar-refractivity contribution >= 4 is 17.8 Å². The largest absolute Gasteiger partial charge is 0.481 e. The van der Waals surface area contributed by atoms with Crippen LogP contribution in [0.15, 0.2) is 0 Å². The molecule has 0 aromatic rings. The second-order valence-electron chi connectivity index (χ2n) is 8.27. The third-order valence-corrected chi connectivity index (χ3v) is 6.07. The quantitative estimate of drug-likeness (QED) is 0.480. The predicted molar refractivity (Wildman–Crippen MR) is 103 cm³/mol. The Morgan fingerprint density at radius 2 is 1.33 bits per heavy atom. The highest BCUT2D eigenvalue weighted by molar-refractivity contribution is 5.86. The summed E-state index contributed by atoms with van der Waals surface area (Å²) in [6.45, 7) is 1.70. The van der Waals surface area contributed by atoms with Crippen molar-refractivity contribution in [3.05, 3.63) is 0 Å². The number of nitrogens with two attached hydrogens (primary N) is 1. The van der Waals surface area contributed by atoms with E-state index in [4.69, 9.17) is 10.8 Å². The van der Waals surface area contributed by atoms with Crippen molar-refractivity contribution in [2.45, 2.75) is 89.8 Å². The zero-order chi connectivity index (χ0) is 19.8. The first kappa shape index (κ1) is 21.7. The Hall–Kier alpha value is -1.63. The van der Waals surface area contributed by atoms with Crippen LogP contribution < -0.4 is 16.4 Å². The first-order valence-corrected chi connectivity index (χ1v) is 10.5. The second kappa shape index (κ2) is 10.6. The molecule has 2 aliphatic carbocycles. The SMILES string of the molecule is CC(NC(=O)C(N)CC(=O)O)NC(=O)C(C1CCCCC1)C1CCCCC1. The zero-order valence-electron chi connectivity index (χ0n) is 16.4. The van der Waals surface area contributed by atoms with Crippen molar-refractivity contribution in [3.63, 3.8) is 0 Å². The Labute approximate surface area is 161 Å². The Morgan fingerprint density at radius 3 is 1.78 bits per heavy atom. The lowest BCUT2D eigenvalue weighted by Crippen LogP contribution is -2.54. The van der Waals surface area contributed by atoms with E-state index in [1.165, 1.54) is 38.5 Å². The van der Waals surface area contributed by atoms with E-state index in [-0.39, 0.29) is 11.8 Å². The van der Waals surface area contributed by atoms with Crippen molar-refractivity contribution in [3.8, 4) is 0 Å². The lowest BCUT2D eigenvalue weighted by atomic mass is 9.69. The molecule has 0 aromatic heterocycles. The number of carboxylic acids is 1. The lowest BCUT2D eigenvalue weighted by molar-refractivity contribution is -0.140. The van der Waals surface area contributed by atoms with Crippen LogP contribution in [0.2, 0.25) is 0 Å². The third kappa shape index (κ3) is 6.79. The predicted octanol–water partition coefficient (Wildman–Crippen LogP) is 2.14. The van der Waals surface area contributed by atoms with Gasteiger partial charge >= 0.3 is 5.97 Å². The average Bonchev–Trinajstić information content (AvgIpc) is 2.63. The van der Waals surface area contributed by atoms with Gasteiger partial charge in [0.05, 0.1) is 18.6 Å². The Morgan fingerprint density at radius 1 is 0.889 bits per heavy atom. The Balaban J connectivity index is 1.95. The number of hydrogen-bond donors (Lipinski definition) is 4. The number of nitrogens with one attached hydrogen (secondary N) is 2. The first-order valence-electron chi connectivity index (χ1n) is 10.5. The van der Waals surface area contributed by atoms with Crippen molar-refractivity contribution in [2.24, 2.45) is 23.5 Å². The maximum absolute atomic E-state index is 13.1. The van der Waals surface area contributed by atoms with Crippen LogP contribution in [0.4, 0.5) is 0 Å². The minimum Gasteiger partial charge on any atom is -0.481 e. The van der Waals surface area contributed by atoms with Crippen LogP contribution in [0.25, 0.3) is 0 Å². The summed E-state index contributed by atoms with van der Waals surface area (Å²) in [6.07, 6.45) is 10.7. The maximum atomic E-state index is 13.1. The molecule has 0 aliphatic heterocycles. The molecule has 0 saturated heterocycles. The van der Waals surface area contributed by atoms with E-state index < -0.39 is 30.5 Å². The molecule has 2 unspecified atom stereocenters. The van der Waals surface area contributed by atoms with Gasteiger partial charge in [-0.3, -0.25) is 14.4 Å². The van der Waals surface area contributed by atoms with Crippen LogP contribution in [0.3, 0.4) is 0 Å². The van der Waals surface area contributed by atoms with Gasteiger partial charge < -0.3 is 21.5 Å². The van der Waals surface area contributed by atoms with Gasteiger partial charge in [0.25, 0.3) is 0 Å². The molecule has 7 nitrogen and oxygen atoms in total. The summed E-state index contributed by atoms with van der Waals surface area (Å²) >= 11 is 0. The molecule has 0 heterocycles. The highest BCUT2D eigenvalue weighted by atomic mass is 16.4. The van der Waals surface area contributed by atoms with Crippen molar-refractivity contribution < 1.29 is 19.5 Å². The van der Waals surface area contributed by atoms with Gasteiger partial charge in [0.1, 0.15) is 0 Å². The van der Waals surface area contributed by atoms with Crippen LogP contribution in [0.1, 0.15) is 77.6 Å². The highest BCUT2D eigenvalue weighted by Crippen LogP contribution is 2.40. The molecule has 0 bridgehead atoms. The normalized spacial score (nSPS) is 21.4. The number of hydrogen-bond acceptors (Lipinski definition) is 4. The molecule has 7 heteroatoms. The number of carboxylic acid groups (broad SMARTS) is 1. The third-order valence-electron chi connectivity index (χ3n) is 6.07. The molecule has 27 heavy (non-hydrogen) atoms. The van der Waals surface area contributed by atoms with E-state index >= 15 is 0 Å². The second-order valence-corrected chi connectivity index (χ2v) is 8.27. The van der Waals surface area contributed by atoms with Gasteiger partial charge in [-0.25, -0.2) is 0 Å². The minimum absolute atomic E-state index is 0.0117. The van der Waals surface area contributed by atoms with E-state index in [0.717, 1.165) is 25.7 Å². The monoisotopic (exact) mass is 381 g/mol. The lowest BCUT2D eigenvalue weighted by Gasteiger charge is -2.37. The van der Waals surface area contributed by atoms with Crippen LogP contribution in [-0.4, -0.2) is 35.1 Å². The van der Waals surface area contributed by atoms with Crippen LogP contribution in [0, 0.1) is 17.8 Å². The molecular weight excluding hydrogens is 346 g/mol. The number of aliphatic carboxylic acids is 1. The van der Waals surface area contributed by atoms with E-state index in [9.17, 15) is 14.4 Å². The molecule has 0 radical (unpaired) electrons. The van der Waals surface area contributed by atoms with Gasteiger partial charge in [0.15, 0.2) is 0 Å². The summed E-state index contributed by atoms with van der Waals surface area (Å²) in [4.78, 5) is 35.8. The number of amides is 2. The molecule has 0 spiro atoms. The zero-order valence-corrected chi connectivity index (χ0v) is 16.4. The van der Waals surface area contributed by atoms with Gasteiger partial charge in [-0.05, 0) is 44.4 Å². The van der Waals surface area contributed by atoms with E-state index in [0.29, 0.717) is 11.8 Å². The molecule has 0 aromatic carbocycles. The van der Waals surface area contributed by atoms with Crippen molar-refractivity contribution in [1.29, 1.82) is 0 Å². The molecule has 2 atom stereocenters. The minimum atomic E-state index is -1.12. The summed E-state index contributed by atoms with van der Waals surface area (Å²) in [5.74, 6) is -0.787. The number of rotatable bonds is 8. The van der Waals surface area contributed by atoms with Gasteiger partial charge in [-0.15, -0.1) is 0 Å². The summed E-state index contributed by atoms with van der Waals surface area (Å²) in [6, 6.07) is -1.12. The van der Waals surface area contributed by atoms with E-state index in [1.807, 2.05) is 0 Å². The van der Waals surface area contributed by atoms with Crippen LogP contribution in [0.5, 0.6) is 0 Å². The fraction of sp³-hybridized carbons (Fsp3) is 0.850. The standard InChI is InChI=1S/C20H35N3O4/c1-13(22-19(26)16(21)12-17(24)25)23-20(27)18(14-8-4-2-5-9-14)15-10-6-3-7-11-15/h13-16,18H,2-12,21H2,1H3,(H,22,26)(H,23,27)(H,24,25). The Kier molecular flexibility index (Phi) is 8.54. The fourth-order valence-corrected chi connectivity index (χ4v) is 4.75. The Bertz CT molecular complexity index is 495. The number of carbonyl (C=O) groups excluding carboxylic acids is 2. The van der Waals surface area contributed by atoms with Gasteiger partial charge in [0.2, 0.25) is 11.8 Å². The van der Waals surface area contributed by atoms with Crippen molar-refractivity contribution in [2.75, 3.05) is 0 Å². The molecule has 154 valence electrons. The molecule has 5 N–H and O–H groups in total. The van der Waals surface area contributed by atoms with Crippen LogP contribution in [-0.2, 0) is 14.4 Å². The first-order chi connectivity index (χ1) is 12.9. The van der Waals surface area contributed by atoms with Gasteiger partial charge in [-0.2, -0.15) is 0 Å². The van der Waals surface area contributed by atoms with Gasteiger partial charge in [-0.1, -0.05) is 38.5 Å². The fourth-order valence-electron chi connectivity index (χ4n) is 4.75. The molecule has 2 fully saturated rings. The molecule has 2 rings (SSSR count). The van der Waals surface area contributed by atoms with Crippen molar-refractivity contribution in [1.82, 2.24) is 10.6 Å². The van der Waals surface area contributed by atoms with Crippen LogP contribution >= 0.6 is 0 Å². The molecule has 2 saturated carbocycles.